The number of benzene rings is 2. The second-order valence-corrected chi connectivity index (χ2v) is 3.60. The highest BCUT2D eigenvalue weighted by Crippen LogP contribution is 2.18. The molecule has 2 aromatic rings. The Hall–Kier alpha value is -2.43. The van der Waals surface area contributed by atoms with Gasteiger partial charge < -0.3 is 10.4 Å². The predicted octanol–water partition coefficient (Wildman–Crippen LogP) is 2.92. The van der Waals surface area contributed by atoms with Gasteiger partial charge >= 0.3 is 0 Å². The van der Waals surface area contributed by atoms with Crippen molar-refractivity contribution in [2.45, 2.75) is 0 Å². The fourth-order valence-electron chi connectivity index (χ4n) is 1.44. The normalized spacial score (nSPS) is 10.1. The van der Waals surface area contributed by atoms with Crippen molar-refractivity contribution < 1.29 is 18.7 Å². The highest BCUT2D eigenvalue weighted by atomic mass is 19.2. The molecule has 2 N–H and O–H groups in total. The van der Waals surface area contributed by atoms with Gasteiger partial charge in [0, 0.05) is 11.8 Å². The first-order valence-corrected chi connectivity index (χ1v) is 5.12. The van der Waals surface area contributed by atoms with Crippen LogP contribution in [0.1, 0.15) is 10.4 Å². The molecule has 0 heterocycles. The molecule has 1 amide bonds. The summed E-state index contributed by atoms with van der Waals surface area (Å²) in [5.74, 6) is -2.82. The summed E-state index contributed by atoms with van der Waals surface area (Å²) < 4.78 is 25.6. The van der Waals surface area contributed by atoms with Crippen molar-refractivity contribution in [3.63, 3.8) is 0 Å². The van der Waals surface area contributed by atoms with E-state index in [1.54, 1.807) is 12.1 Å². The van der Waals surface area contributed by atoms with E-state index in [2.05, 4.69) is 5.32 Å². The summed E-state index contributed by atoms with van der Waals surface area (Å²) in [6, 6.07) is 8.95. The van der Waals surface area contributed by atoms with Crippen LogP contribution in [0.15, 0.2) is 42.5 Å². The zero-order chi connectivity index (χ0) is 13.1. The molecule has 18 heavy (non-hydrogen) atoms. The van der Waals surface area contributed by atoms with E-state index in [1.165, 1.54) is 18.2 Å². The molecule has 2 rings (SSSR count). The van der Waals surface area contributed by atoms with Crippen LogP contribution in [0, 0.1) is 11.6 Å². The van der Waals surface area contributed by atoms with Gasteiger partial charge in [0.1, 0.15) is 5.75 Å². The van der Waals surface area contributed by atoms with Crippen molar-refractivity contribution in [2.24, 2.45) is 0 Å². The van der Waals surface area contributed by atoms with Crippen LogP contribution in [-0.4, -0.2) is 11.0 Å². The number of hydrogen-bond donors (Lipinski definition) is 2. The van der Waals surface area contributed by atoms with Crippen LogP contribution >= 0.6 is 0 Å². The van der Waals surface area contributed by atoms with Crippen molar-refractivity contribution in [3.8, 4) is 5.75 Å². The third kappa shape index (κ3) is 2.45. The molecule has 0 aromatic heterocycles. The van der Waals surface area contributed by atoms with Gasteiger partial charge in [-0.05, 0) is 24.3 Å². The Morgan fingerprint density at radius 1 is 1.06 bits per heavy atom. The third-order valence-electron chi connectivity index (χ3n) is 2.33. The zero-order valence-corrected chi connectivity index (χ0v) is 9.15. The van der Waals surface area contributed by atoms with Crippen molar-refractivity contribution >= 4 is 11.6 Å². The highest BCUT2D eigenvalue weighted by Gasteiger charge is 2.11. The SMILES string of the molecule is O=C(Nc1ccc(F)c(F)c1)c1ccccc1O. The predicted molar refractivity (Wildman–Crippen MR) is 62.4 cm³/mol. The van der Waals surface area contributed by atoms with Crippen LogP contribution in [0.4, 0.5) is 14.5 Å². The van der Waals surface area contributed by atoms with Gasteiger partial charge in [-0.25, -0.2) is 8.78 Å². The number of rotatable bonds is 2. The first kappa shape index (κ1) is 12.0. The summed E-state index contributed by atoms with van der Waals surface area (Å²) in [5.41, 5.74) is 0.171. The largest absolute Gasteiger partial charge is 0.507 e. The van der Waals surface area contributed by atoms with Gasteiger partial charge in [0.25, 0.3) is 5.91 Å². The van der Waals surface area contributed by atoms with Crippen LogP contribution in [0.25, 0.3) is 0 Å². The number of nitrogens with one attached hydrogen (secondary N) is 1. The number of amides is 1. The van der Waals surface area contributed by atoms with E-state index in [0.29, 0.717) is 0 Å². The quantitative estimate of drug-likeness (QED) is 0.859. The van der Waals surface area contributed by atoms with Crippen molar-refractivity contribution in [2.75, 3.05) is 5.32 Å². The molecule has 0 unspecified atom stereocenters. The van der Waals surface area contributed by atoms with Crippen LogP contribution in [0.3, 0.4) is 0 Å². The van der Waals surface area contributed by atoms with E-state index >= 15 is 0 Å². The van der Waals surface area contributed by atoms with Crippen molar-refractivity contribution in [1.82, 2.24) is 0 Å². The van der Waals surface area contributed by atoms with Crippen molar-refractivity contribution in [3.05, 3.63) is 59.7 Å². The summed E-state index contributed by atoms with van der Waals surface area (Å²) in [5, 5.41) is 11.8. The molecule has 2 aromatic carbocycles. The lowest BCUT2D eigenvalue weighted by atomic mass is 10.2. The van der Waals surface area contributed by atoms with E-state index in [9.17, 15) is 18.7 Å². The average molecular weight is 249 g/mol. The van der Waals surface area contributed by atoms with Gasteiger partial charge in [0.15, 0.2) is 11.6 Å². The fourth-order valence-corrected chi connectivity index (χ4v) is 1.44. The number of anilines is 1. The maximum absolute atomic E-state index is 12.9. The van der Waals surface area contributed by atoms with Crippen LogP contribution < -0.4 is 5.32 Å². The fraction of sp³-hybridized carbons (Fsp3) is 0. The molecule has 0 bridgehead atoms. The Morgan fingerprint density at radius 2 is 1.78 bits per heavy atom. The molecule has 0 radical (unpaired) electrons. The standard InChI is InChI=1S/C13H9F2NO2/c14-10-6-5-8(7-11(10)15)16-13(18)9-3-1-2-4-12(9)17/h1-7,17H,(H,16,18). The summed E-state index contributed by atoms with van der Waals surface area (Å²) in [6.07, 6.45) is 0. The first-order valence-electron chi connectivity index (χ1n) is 5.12. The molecule has 0 aliphatic carbocycles. The van der Waals surface area contributed by atoms with E-state index < -0.39 is 17.5 Å². The number of carbonyl (C=O) groups is 1. The lowest BCUT2D eigenvalue weighted by Gasteiger charge is -2.06. The molecule has 5 heteroatoms. The van der Waals surface area contributed by atoms with Gasteiger partial charge in [-0.15, -0.1) is 0 Å². The Labute approximate surface area is 102 Å². The number of aromatic hydroxyl groups is 1. The highest BCUT2D eigenvalue weighted by molar-refractivity contribution is 6.06. The summed E-state index contributed by atoms with van der Waals surface area (Å²) in [6.45, 7) is 0. The third-order valence-corrected chi connectivity index (χ3v) is 2.33. The molecule has 0 atom stereocenters. The molecular formula is C13H9F2NO2. The first-order chi connectivity index (χ1) is 8.58. The smallest absolute Gasteiger partial charge is 0.259 e. The monoisotopic (exact) mass is 249 g/mol. The average Bonchev–Trinajstić information content (AvgIpc) is 2.34. The second kappa shape index (κ2) is 4.83. The summed E-state index contributed by atoms with van der Waals surface area (Å²) >= 11 is 0. The van der Waals surface area contributed by atoms with Gasteiger partial charge in [-0.3, -0.25) is 4.79 Å². The van der Waals surface area contributed by atoms with Crippen LogP contribution in [0.5, 0.6) is 5.75 Å². The Bertz CT molecular complexity index is 599. The number of phenols is 1. The van der Waals surface area contributed by atoms with Crippen LogP contribution in [0.2, 0.25) is 0 Å². The number of halogens is 2. The number of carbonyl (C=O) groups excluding carboxylic acids is 1. The molecule has 0 aliphatic heterocycles. The molecule has 3 nitrogen and oxygen atoms in total. The second-order valence-electron chi connectivity index (χ2n) is 3.60. The van der Waals surface area contributed by atoms with E-state index in [4.69, 9.17) is 0 Å². The number of para-hydroxylation sites is 1. The maximum Gasteiger partial charge on any atom is 0.259 e. The summed E-state index contributed by atoms with van der Waals surface area (Å²) in [7, 11) is 0. The molecule has 0 saturated heterocycles. The maximum atomic E-state index is 12.9. The molecule has 0 saturated carbocycles. The molecule has 92 valence electrons. The Morgan fingerprint density at radius 3 is 2.44 bits per heavy atom. The minimum atomic E-state index is -1.05. The Balaban J connectivity index is 2.22. The number of phenolic OH excluding ortho intramolecular Hbond substituents is 1. The lowest BCUT2D eigenvalue weighted by Crippen LogP contribution is -2.12. The lowest BCUT2D eigenvalue weighted by molar-refractivity contribution is 0.102. The van der Waals surface area contributed by atoms with Crippen molar-refractivity contribution in [1.29, 1.82) is 0 Å². The molecule has 0 aliphatic rings. The van der Waals surface area contributed by atoms with Gasteiger partial charge in [-0.1, -0.05) is 12.1 Å². The minimum Gasteiger partial charge on any atom is -0.507 e. The van der Waals surface area contributed by atoms with Crippen LogP contribution in [-0.2, 0) is 0 Å². The molecular weight excluding hydrogens is 240 g/mol. The number of hydrogen-bond acceptors (Lipinski definition) is 2. The molecule has 0 spiro atoms. The van der Waals surface area contributed by atoms with E-state index in [1.807, 2.05) is 0 Å². The topological polar surface area (TPSA) is 49.3 Å². The van der Waals surface area contributed by atoms with Gasteiger partial charge in [0.2, 0.25) is 0 Å². The van der Waals surface area contributed by atoms with E-state index in [-0.39, 0.29) is 17.0 Å². The van der Waals surface area contributed by atoms with Gasteiger partial charge in [0.05, 0.1) is 5.56 Å². The zero-order valence-electron chi connectivity index (χ0n) is 9.15. The minimum absolute atomic E-state index is 0.0576. The molecule has 0 fully saturated rings. The van der Waals surface area contributed by atoms with E-state index in [0.717, 1.165) is 12.1 Å². The summed E-state index contributed by atoms with van der Waals surface area (Å²) in [4.78, 5) is 11.7. The van der Waals surface area contributed by atoms with Gasteiger partial charge in [-0.2, -0.15) is 0 Å². The Kier molecular flexibility index (Phi) is 3.23.